The first kappa shape index (κ1) is 12.2. The van der Waals surface area contributed by atoms with Crippen molar-refractivity contribution in [3.63, 3.8) is 0 Å². The van der Waals surface area contributed by atoms with Crippen LogP contribution in [0.15, 0.2) is 42.5 Å². The van der Waals surface area contributed by atoms with Crippen molar-refractivity contribution in [3.05, 3.63) is 48.0 Å². The summed E-state index contributed by atoms with van der Waals surface area (Å²) in [4.78, 5) is 0. The fourth-order valence-electron chi connectivity index (χ4n) is 1.79. The Hall–Kier alpha value is -0.213. The molecule has 0 fully saturated rings. The Balaban J connectivity index is 2.30. The molecule has 0 aliphatic carbocycles. The summed E-state index contributed by atoms with van der Waals surface area (Å²) in [5.41, 5.74) is 1.26. The minimum absolute atomic E-state index is 0.672. The predicted octanol–water partition coefficient (Wildman–Crippen LogP) is 5.04. The molecule has 0 aliphatic rings. The van der Waals surface area contributed by atoms with Crippen molar-refractivity contribution < 1.29 is 0 Å². The molecule has 2 aromatic rings. The van der Waals surface area contributed by atoms with E-state index in [0.29, 0.717) is 6.04 Å². The molecule has 0 radical (unpaired) electrons. The Morgan fingerprint density at radius 2 is 1.56 bits per heavy atom. The maximum absolute atomic E-state index is 5.90. The summed E-state index contributed by atoms with van der Waals surface area (Å²) >= 11 is 17.7. The zero-order valence-corrected chi connectivity index (χ0v) is 11.9. The van der Waals surface area contributed by atoms with Gasteiger partial charge in [-0.25, -0.2) is 0 Å². The summed E-state index contributed by atoms with van der Waals surface area (Å²) in [6.45, 7) is 0. The van der Waals surface area contributed by atoms with E-state index >= 15 is 0 Å². The van der Waals surface area contributed by atoms with Crippen molar-refractivity contribution in [2.45, 2.75) is 12.5 Å². The highest BCUT2D eigenvalue weighted by Gasteiger charge is 2.24. The molecule has 0 saturated heterocycles. The fraction of sp³-hybridized carbons (Fsp3) is 0.167. The minimum Gasteiger partial charge on any atom is -0.126 e. The van der Waals surface area contributed by atoms with Crippen LogP contribution >= 0.6 is 33.2 Å². The number of benzene rings is 2. The van der Waals surface area contributed by atoms with Crippen LogP contribution in [0.5, 0.6) is 0 Å². The van der Waals surface area contributed by atoms with Gasteiger partial charge in [0.2, 0.25) is 0 Å². The van der Waals surface area contributed by atoms with Gasteiger partial charge in [0.05, 0.1) is 0 Å². The topological polar surface area (TPSA) is 0 Å². The van der Waals surface area contributed by atoms with Gasteiger partial charge in [-0.05, 0) is 28.8 Å². The predicted molar refractivity (Wildman–Crippen MR) is 75.8 cm³/mol. The van der Waals surface area contributed by atoms with Gasteiger partial charge in [0.1, 0.15) is 0 Å². The van der Waals surface area contributed by atoms with Crippen LogP contribution in [0.1, 0.15) is 5.56 Å². The molecule has 0 unspecified atom stereocenters. The molecule has 84 valence electrons. The highest BCUT2D eigenvalue weighted by atomic mass is 35.8. The Morgan fingerprint density at radius 3 is 2.31 bits per heavy atom. The van der Waals surface area contributed by atoms with E-state index in [4.69, 9.17) is 33.2 Å². The molecule has 0 saturated carbocycles. The summed E-state index contributed by atoms with van der Waals surface area (Å²) in [5, 5.41) is 2.50. The van der Waals surface area contributed by atoms with Gasteiger partial charge in [0.25, 0.3) is 0 Å². The van der Waals surface area contributed by atoms with Crippen molar-refractivity contribution in [3.8, 4) is 0 Å². The summed E-state index contributed by atoms with van der Waals surface area (Å²) in [6, 6.07) is 12.7. The van der Waals surface area contributed by atoms with Gasteiger partial charge in [-0.15, -0.1) is 33.2 Å². The minimum atomic E-state index is -2.51. The fourth-order valence-corrected chi connectivity index (χ4v) is 3.19. The van der Waals surface area contributed by atoms with Crippen LogP contribution in [0.25, 0.3) is 10.8 Å². The average molecular weight is 290 g/mol. The first-order valence-corrected chi connectivity index (χ1v) is 10.3. The smallest absolute Gasteiger partial charge is 0.126 e. The van der Waals surface area contributed by atoms with E-state index in [0.717, 1.165) is 6.42 Å². The molecule has 0 aliphatic heterocycles. The highest BCUT2D eigenvalue weighted by Crippen LogP contribution is 2.28. The Bertz CT molecular complexity index is 486. The maximum Gasteiger partial charge on any atom is 0.341 e. The number of hydrogen-bond donors (Lipinski definition) is 0. The van der Waals surface area contributed by atoms with E-state index in [-0.39, 0.29) is 0 Å². The van der Waals surface area contributed by atoms with E-state index in [1.807, 2.05) is 12.1 Å². The van der Waals surface area contributed by atoms with Crippen LogP contribution in [0.3, 0.4) is 0 Å². The lowest BCUT2D eigenvalue weighted by Crippen LogP contribution is -2.09. The van der Waals surface area contributed by atoms with Gasteiger partial charge in [-0.2, -0.15) is 0 Å². The third-order valence-electron chi connectivity index (χ3n) is 2.56. The summed E-state index contributed by atoms with van der Waals surface area (Å²) in [6.07, 6.45) is 0.837. The van der Waals surface area contributed by atoms with Gasteiger partial charge in [0, 0.05) is 0 Å². The van der Waals surface area contributed by atoms with Crippen LogP contribution in [0, 0.1) is 0 Å². The molecule has 0 bridgehead atoms. The monoisotopic (exact) mass is 288 g/mol. The summed E-state index contributed by atoms with van der Waals surface area (Å²) in [7, 11) is 0. The van der Waals surface area contributed by atoms with E-state index in [1.165, 1.54) is 16.3 Å². The normalized spacial score (nSPS) is 11.9. The van der Waals surface area contributed by atoms with E-state index < -0.39 is 6.00 Å². The molecule has 0 atom stereocenters. The SMILES string of the molecule is Cl[Si](Cl)(Cl)CCc1cccc2ccccc12. The van der Waals surface area contributed by atoms with Gasteiger partial charge in [-0.3, -0.25) is 0 Å². The third kappa shape index (κ3) is 3.14. The van der Waals surface area contributed by atoms with Crippen LogP contribution in [0.2, 0.25) is 6.04 Å². The van der Waals surface area contributed by atoms with Gasteiger partial charge in [0.15, 0.2) is 0 Å². The van der Waals surface area contributed by atoms with E-state index in [2.05, 4.69) is 30.3 Å². The first-order chi connectivity index (χ1) is 7.56. The zero-order chi connectivity index (χ0) is 11.6. The molecule has 0 aromatic heterocycles. The Labute approximate surface area is 110 Å². The molecule has 0 amide bonds. The maximum atomic E-state index is 5.90. The molecule has 4 heteroatoms. The Morgan fingerprint density at radius 1 is 0.875 bits per heavy atom. The molecule has 16 heavy (non-hydrogen) atoms. The molecule has 0 heterocycles. The number of fused-ring (bicyclic) bond motifs is 1. The van der Waals surface area contributed by atoms with Gasteiger partial charge >= 0.3 is 6.00 Å². The van der Waals surface area contributed by atoms with Crippen LogP contribution in [0.4, 0.5) is 0 Å². The summed E-state index contributed by atoms with van der Waals surface area (Å²) < 4.78 is 0. The van der Waals surface area contributed by atoms with Crippen molar-refractivity contribution in [2.24, 2.45) is 0 Å². The summed E-state index contributed by atoms with van der Waals surface area (Å²) in [5.74, 6) is 0. The van der Waals surface area contributed by atoms with E-state index in [1.54, 1.807) is 0 Å². The standard InChI is InChI=1S/C12H11Cl3Si/c13-16(14,15)9-8-11-6-3-5-10-4-1-2-7-12(10)11/h1-7H,8-9H2. The number of aryl methyl sites for hydroxylation is 1. The lowest BCUT2D eigenvalue weighted by molar-refractivity contribution is 1.14. The second-order valence-corrected chi connectivity index (χ2v) is 13.0. The van der Waals surface area contributed by atoms with Gasteiger partial charge in [-0.1, -0.05) is 42.5 Å². The molecule has 0 N–H and O–H groups in total. The lowest BCUT2D eigenvalue weighted by Gasteiger charge is -2.09. The van der Waals surface area contributed by atoms with Crippen LogP contribution in [-0.4, -0.2) is 6.00 Å². The number of hydrogen-bond acceptors (Lipinski definition) is 0. The molecule has 2 rings (SSSR count). The molecule has 2 aromatic carbocycles. The van der Waals surface area contributed by atoms with Crippen molar-refractivity contribution in [1.82, 2.24) is 0 Å². The highest BCUT2D eigenvalue weighted by molar-refractivity contribution is 7.64. The molecule has 0 nitrogen and oxygen atoms in total. The second-order valence-electron chi connectivity index (χ2n) is 3.75. The number of rotatable bonds is 3. The zero-order valence-electron chi connectivity index (χ0n) is 8.59. The molecular formula is C12H11Cl3Si. The largest absolute Gasteiger partial charge is 0.341 e. The van der Waals surface area contributed by atoms with Gasteiger partial charge < -0.3 is 0 Å². The first-order valence-electron chi connectivity index (χ1n) is 5.10. The quantitative estimate of drug-likeness (QED) is 0.549. The van der Waals surface area contributed by atoms with Crippen LogP contribution in [-0.2, 0) is 6.42 Å². The molecule has 0 spiro atoms. The second kappa shape index (κ2) is 4.97. The lowest BCUT2D eigenvalue weighted by atomic mass is 10.0. The third-order valence-corrected chi connectivity index (χ3v) is 5.08. The van der Waals surface area contributed by atoms with Crippen molar-refractivity contribution in [2.75, 3.05) is 0 Å². The number of halogens is 3. The van der Waals surface area contributed by atoms with Crippen molar-refractivity contribution in [1.29, 1.82) is 0 Å². The average Bonchev–Trinajstić information content (AvgIpc) is 2.25. The van der Waals surface area contributed by atoms with Crippen molar-refractivity contribution >= 4 is 50.0 Å². The van der Waals surface area contributed by atoms with Crippen LogP contribution < -0.4 is 0 Å². The molecular weight excluding hydrogens is 279 g/mol. The van der Waals surface area contributed by atoms with E-state index in [9.17, 15) is 0 Å². The Kier molecular flexibility index (Phi) is 3.80.